The molecule has 5 heteroatoms. The largest absolute Gasteiger partial charge is 0.476 e. The van der Waals surface area contributed by atoms with Gasteiger partial charge in [-0.05, 0) is 30.5 Å². The van der Waals surface area contributed by atoms with E-state index >= 15 is 0 Å². The first-order valence-electron chi connectivity index (χ1n) is 7.82. The first kappa shape index (κ1) is 16.8. The first-order valence-corrected chi connectivity index (χ1v) is 7.82. The van der Waals surface area contributed by atoms with Crippen LogP contribution in [-0.2, 0) is 0 Å². The maximum absolute atomic E-state index is 12.4. The highest BCUT2D eigenvalue weighted by atomic mass is 16.5. The summed E-state index contributed by atoms with van der Waals surface area (Å²) >= 11 is 0. The standard InChI is InChI=1S/C18H23N3O2/c1-4-23-17-15(11-8-12-19-17)20-18(22)21-16(13(2)3)14-9-6-5-7-10-14/h5-13,16H,4H2,1-3H3,(H2,20,21,22). The molecule has 0 saturated carbocycles. The smallest absolute Gasteiger partial charge is 0.319 e. The third-order valence-corrected chi connectivity index (χ3v) is 3.41. The molecular weight excluding hydrogens is 290 g/mol. The summed E-state index contributed by atoms with van der Waals surface area (Å²) in [6.45, 7) is 6.52. The summed E-state index contributed by atoms with van der Waals surface area (Å²) in [5, 5.41) is 5.83. The van der Waals surface area contributed by atoms with Gasteiger partial charge in [-0.1, -0.05) is 44.2 Å². The number of carbonyl (C=O) groups excluding carboxylic acids is 1. The molecule has 1 aromatic carbocycles. The molecule has 2 rings (SSSR count). The highest BCUT2D eigenvalue weighted by Gasteiger charge is 2.18. The second kappa shape index (κ2) is 8.17. The molecule has 1 atom stereocenters. The maximum Gasteiger partial charge on any atom is 0.319 e. The van der Waals surface area contributed by atoms with Crippen molar-refractivity contribution in [3.8, 4) is 5.88 Å². The Balaban J connectivity index is 2.08. The Labute approximate surface area is 137 Å². The molecule has 1 aromatic heterocycles. The van der Waals surface area contributed by atoms with Gasteiger partial charge in [0.15, 0.2) is 0 Å². The second-order valence-electron chi connectivity index (χ2n) is 5.52. The maximum atomic E-state index is 12.4. The van der Waals surface area contributed by atoms with Crippen molar-refractivity contribution in [1.82, 2.24) is 10.3 Å². The lowest BCUT2D eigenvalue weighted by Crippen LogP contribution is -2.35. The molecule has 5 nitrogen and oxygen atoms in total. The molecule has 0 aliphatic heterocycles. The zero-order valence-corrected chi connectivity index (χ0v) is 13.7. The van der Waals surface area contributed by atoms with Gasteiger partial charge in [-0.3, -0.25) is 0 Å². The van der Waals surface area contributed by atoms with E-state index in [2.05, 4.69) is 29.5 Å². The molecule has 0 aliphatic carbocycles. The number of hydrogen-bond acceptors (Lipinski definition) is 3. The van der Waals surface area contributed by atoms with Gasteiger partial charge in [0.05, 0.1) is 12.6 Å². The van der Waals surface area contributed by atoms with Gasteiger partial charge in [0, 0.05) is 6.20 Å². The average molecular weight is 313 g/mol. The molecule has 23 heavy (non-hydrogen) atoms. The number of hydrogen-bond donors (Lipinski definition) is 2. The van der Waals surface area contributed by atoms with Crippen molar-refractivity contribution in [1.29, 1.82) is 0 Å². The molecule has 1 unspecified atom stereocenters. The minimum atomic E-state index is -0.276. The summed E-state index contributed by atoms with van der Waals surface area (Å²) in [6, 6.07) is 13.1. The van der Waals surface area contributed by atoms with Gasteiger partial charge in [0.2, 0.25) is 5.88 Å². The van der Waals surface area contributed by atoms with Crippen LogP contribution in [0.4, 0.5) is 10.5 Å². The number of carbonyl (C=O) groups is 1. The van der Waals surface area contributed by atoms with Crippen LogP contribution in [0.3, 0.4) is 0 Å². The summed E-state index contributed by atoms with van der Waals surface area (Å²) in [6.07, 6.45) is 1.63. The fourth-order valence-electron chi connectivity index (χ4n) is 2.33. The molecule has 0 fully saturated rings. The van der Waals surface area contributed by atoms with Crippen LogP contribution in [0.15, 0.2) is 48.7 Å². The van der Waals surface area contributed by atoms with Crippen LogP contribution in [0.25, 0.3) is 0 Å². The Bertz CT molecular complexity index is 629. The molecule has 0 saturated heterocycles. The topological polar surface area (TPSA) is 63.2 Å². The molecule has 0 bridgehead atoms. The highest BCUT2D eigenvalue weighted by Crippen LogP contribution is 2.23. The minimum absolute atomic E-state index is 0.0663. The normalized spacial score (nSPS) is 11.8. The van der Waals surface area contributed by atoms with Crippen molar-refractivity contribution >= 4 is 11.7 Å². The third kappa shape index (κ3) is 4.71. The summed E-state index contributed by atoms with van der Waals surface area (Å²) in [5.41, 5.74) is 1.64. The van der Waals surface area contributed by atoms with Gasteiger partial charge in [-0.2, -0.15) is 0 Å². The van der Waals surface area contributed by atoms with Gasteiger partial charge in [0.1, 0.15) is 5.69 Å². The predicted octanol–water partition coefficient (Wildman–Crippen LogP) is 4.00. The lowest BCUT2D eigenvalue weighted by Gasteiger charge is -2.23. The molecule has 0 aliphatic rings. The number of benzene rings is 1. The van der Waals surface area contributed by atoms with Crippen molar-refractivity contribution in [3.63, 3.8) is 0 Å². The summed E-state index contributed by atoms with van der Waals surface area (Å²) in [4.78, 5) is 16.5. The number of nitrogens with one attached hydrogen (secondary N) is 2. The number of nitrogens with zero attached hydrogens (tertiary/aromatic N) is 1. The van der Waals surface area contributed by atoms with E-state index in [-0.39, 0.29) is 18.0 Å². The number of pyridine rings is 1. The molecule has 1 heterocycles. The predicted molar refractivity (Wildman–Crippen MR) is 91.6 cm³/mol. The Kier molecular flexibility index (Phi) is 5.97. The molecular formula is C18H23N3O2. The molecule has 0 spiro atoms. The van der Waals surface area contributed by atoms with Gasteiger partial charge in [-0.15, -0.1) is 0 Å². The van der Waals surface area contributed by atoms with Crippen LogP contribution in [0.1, 0.15) is 32.4 Å². The van der Waals surface area contributed by atoms with E-state index in [1.54, 1.807) is 18.3 Å². The van der Waals surface area contributed by atoms with Gasteiger partial charge in [0.25, 0.3) is 0 Å². The van der Waals surface area contributed by atoms with Gasteiger partial charge in [-0.25, -0.2) is 9.78 Å². The van der Waals surface area contributed by atoms with Crippen molar-refractivity contribution < 1.29 is 9.53 Å². The Morgan fingerprint density at radius 1 is 1.17 bits per heavy atom. The average Bonchev–Trinajstić information content (AvgIpc) is 2.55. The lowest BCUT2D eigenvalue weighted by atomic mass is 9.96. The van der Waals surface area contributed by atoms with Crippen LogP contribution in [-0.4, -0.2) is 17.6 Å². The Hall–Kier alpha value is -2.56. The number of ether oxygens (including phenoxy) is 1. The lowest BCUT2D eigenvalue weighted by molar-refractivity contribution is 0.244. The van der Waals surface area contributed by atoms with Crippen LogP contribution in [0.5, 0.6) is 5.88 Å². The number of rotatable bonds is 6. The Morgan fingerprint density at radius 3 is 2.57 bits per heavy atom. The fraction of sp³-hybridized carbons (Fsp3) is 0.333. The number of anilines is 1. The highest BCUT2D eigenvalue weighted by molar-refractivity contribution is 5.90. The van der Waals surface area contributed by atoms with Crippen LogP contribution in [0, 0.1) is 5.92 Å². The van der Waals surface area contributed by atoms with Crippen molar-refractivity contribution in [3.05, 3.63) is 54.2 Å². The summed E-state index contributed by atoms with van der Waals surface area (Å²) in [5.74, 6) is 0.689. The van der Waals surface area contributed by atoms with E-state index in [0.717, 1.165) is 5.56 Å². The van der Waals surface area contributed by atoms with Gasteiger partial charge >= 0.3 is 6.03 Å². The monoisotopic (exact) mass is 313 g/mol. The van der Waals surface area contributed by atoms with E-state index in [1.807, 2.05) is 37.3 Å². The van der Waals surface area contributed by atoms with Crippen molar-refractivity contribution in [2.24, 2.45) is 5.92 Å². The number of urea groups is 1. The number of amides is 2. The number of aromatic nitrogens is 1. The quantitative estimate of drug-likeness (QED) is 0.847. The molecule has 2 amide bonds. The van der Waals surface area contributed by atoms with Crippen molar-refractivity contribution in [2.45, 2.75) is 26.8 Å². The SMILES string of the molecule is CCOc1ncccc1NC(=O)NC(c1ccccc1)C(C)C. The summed E-state index contributed by atoms with van der Waals surface area (Å²) in [7, 11) is 0. The zero-order valence-electron chi connectivity index (χ0n) is 13.7. The van der Waals surface area contributed by atoms with E-state index in [0.29, 0.717) is 18.2 Å². The molecule has 122 valence electrons. The van der Waals surface area contributed by atoms with E-state index < -0.39 is 0 Å². The molecule has 2 N–H and O–H groups in total. The van der Waals surface area contributed by atoms with E-state index in [4.69, 9.17) is 4.74 Å². The first-order chi connectivity index (χ1) is 11.1. The van der Waals surface area contributed by atoms with Crippen LogP contribution in [0.2, 0.25) is 0 Å². The van der Waals surface area contributed by atoms with Gasteiger partial charge < -0.3 is 15.4 Å². The zero-order chi connectivity index (χ0) is 16.7. The Morgan fingerprint density at radius 2 is 1.91 bits per heavy atom. The second-order valence-corrected chi connectivity index (χ2v) is 5.52. The minimum Gasteiger partial charge on any atom is -0.476 e. The van der Waals surface area contributed by atoms with E-state index in [9.17, 15) is 4.79 Å². The van der Waals surface area contributed by atoms with E-state index in [1.165, 1.54) is 0 Å². The molecule has 0 radical (unpaired) electrons. The molecule has 2 aromatic rings. The van der Waals surface area contributed by atoms with Crippen molar-refractivity contribution in [2.75, 3.05) is 11.9 Å². The third-order valence-electron chi connectivity index (χ3n) is 3.41. The van der Waals surface area contributed by atoms with Crippen LogP contribution >= 0.6 is 0 Å². The summed E-state index contributed by atoms with van der Waals surface area (Å²) < 4.78 is 5.42. The van der Waals surface area contributed by atoms with Crippen LogP contribution < -0.4 is 15.4 Å². The fourth-order valence-corrected chi connectivity index (χ4v) is 2.33.